The lowest BCUT2D eigenvalue weighted by Gasteiger charge is -2.22. The fourth-order valence-electron chi connectivity index (χ4n) is 1.69. The van der Waals surface area contributed by atoms with E-state index in [2.05, 4.69) is 5.32 Å². The Labute approximate surface area is 91.0 Å². The maximum Gasteiger partial charge on any atom is 0.225 e. The van der Waals surface area contributed by atoms with Crippen LogP contribution in [0.1, 0.15) is 26.2 Å². The highest BCUT2D eigenvalue weighted by atomic mass is 16.5. The van der Waals surface area contributed by atoms with Crippen molar-refractivity contribution in [1.29, 1.82) is 0 Å². The smallest absolute Gasteiger partial charge is 0.225 e. The lowest BCUT2D eigenvalue weighted by atomic mass is 10.0. The number of aliphatic hydroxyl groups excluding tert-OH is 1. The summed E-state index contributed by atoms with van der Waals surface area (Å²) in [6.07, 6.45) is 2.64. The van der Waals surface area contributed by atoms with Crippen LogP contribution in [0.2, 0.25) is 0 Å². The predicted octanol–water partition coefficient (Wildman–Crippen LogP) is 0.548. The van der Waals surface area contributed by atoms with Crippen molar-refractivity contribution in [2.24, 2.45) is 11.8 Å². The molecule has 1 aliphatic rings. The van der Waals surface area contributed by atoms with Gasteiger partial charge in [-0.15, -0.1) is 0 Å². The molecular weight excluding hydrogens is 194 g/mol. The van der Waals surface area contributed by atoms with Gasteiger partial charge in [0.15, 0.2) is 0 Å². The van der Waals surface area contributed by atoms with Crippen molar-refractivity contribution < 1.29 is 14.6 Å². The van der Waals surface area contributed by atoms with E-state index in [1.54, 1.807) is 0 Å². The molecule has 0 aromatic carbocycles. The fraction of sp³-hybridized carbons (Fsp3) is 0.909. The largest absolute Gasteiger partial charge is 0.396 e. The Morgan fingerprint density at radius 2 is 2.47 bits per heavy atom. The van der Waals surface area contributed by atoms with Gasteiger partial charge in [-0.25, -0.2) is 0 Å². The van der Waals surface area contributed by atoms with Crippen LogP contribution in [0, 0.1) is 11.8 Å². The van der Waals surface area contributed by atoms with E-state index in [0.717, 1.165) is 25.9 Å². The van der Waals surface area contributed by atoms with Crippen LogP contribution in [0.5, 0.6) is 0 Å². The van der Waals surface area contributed by atoms with E-state index in [9.17, 15) is 4.79 Å². The number of aliphatic hydroxyl groups is 1. The minimum atomic E-state index is 0.0278. The van der Waals surface area contributed by atoms with E-state index in [0.29, 0.717) is 19.1 Å². The van der Waals surface area contributed by atoms with Gasteiger partial charge in [0.25, 0.3) is 0 Å². The van der Waals surface area contributed by atoms with Gasteiger partial charge in [-0.05, 0) is 25.2 Å². The Bertz CT molecular complexity index is 190. The average molecular weight is 215 g/mol. The van der Waals surface area contributed by atoms with Gasteiger partial charge >= 0.3 is 0 Å². The molecule has 15 heavy (non-hydrogen) atoms. The summed E-state index contributed by atoms with van der Waals surface area (Å²) in [5, 5.41) is 11.6. The number of amides is 1. The van der Waals surface area contributed by atoms with E-state index in [1.165, 1.54) is 0 Å². The molecule has 0 aliphatic carbocycles. The van der Waals surface area contributed by atoms with Crippen LogP contribution in [0.3, 0.4) is 0 Å². The average Bonchev–Trinajstić information content (AvgIpc) is 2.27. The molecule has 0 aromatic rings. The number of nitrogens with one attached hydrogen (secondary N) is 1. The first-order valence-electron chi connectivity index (χ1n) is 5.70. The van der Waals surface area contributed by atoms with Crippen molar-refractivity contribution in [3.63, 3.8) is 0 Å². The van der Waals surface area contributed by atoms with Crippen molar-refractivity contribution in [3.8, 4) is 0 Å². The summed E-state index contributed by atoms with van der Waals surface area (Å²) < 4.78 is 5.26. The summed E-state index contributed by atoms with van der Waals surface area (Å²) in [6.45, 7) is 4.19. The third-order valence-electron chi connectivity index (χ3n) is 2.78. The van der Waals surface area contributed by atoms with Crippen LogP contribution in [0.15, 0.2) is 0 Å². The first kappa shape index (κ1) is 12.5. The molecule has 1 fully saturated rings. The number of carbonyl (C=O) groups excluding carboxylic acids is 1. The van der Waals surface area contributed by atoms with Gasteiger partial charge < -0.3 is 15.2 Å². The molecule has 1 amide bonds. The highest BCUT2D eigenvalue weighted by Crippen LogP contribution is 2.13. The lowest BCUT2D eigenvalue weighted by molar-refractivity contribution is -0.129. The molecule has 2 N–H and O–H groups in total. The molecule has 4 nitrogen and oxygen atoms in total. The maximum atomic E-state index is 11.7. The number of ether oxygens (including phenoxy) is 1. The van der Waals surface area contributed by atoms with Gasteiger partial charge in [0.05, 0.1) is 12.5 Å². The number of carbonyl (C=O) groups is 1. The van der Waals surface area contributed by atoms with Gasteiger partial charge in [-0.3, -0.25) is 4.79 Å². The van der Waals surface area contributed by atoms with Crippen LogP contribution < -0.4 is 5.32 Å². The Kier molecular flexibility index (Phi) is 5.65. The summed E-state index contributed by atoms with van der Waals surface area (Å²) in [5.74, 6) is 0.461. The second-order valence-corrected chi connectivity index (χ2v) is 4.28. The molecule has 4 heteroatoms. The molecule has 0 aromatic heterocycles. The van der Waals surface area contributed by atoms with E-state index in [-0.39, 0.29) is 18.4 Å². The van der Waals surface area contributed by atoms with Crippen molar-refractivity contribution in [2.45, 2.75) is 26.2 Å². The second-order valence-electron chi connectivity index (χ2n) is 4.28. The normalized spacial score (nSPS) is 23.5. The van der Waals surface area contributed by atoms with Crippen molar-refractivity contribution in [2.75, 3.05) is 26.4 Å². The van der Waals surface area contributed by atoms with E-state index in [1.807, 2.05) is 6.92 Å². The van der Waals surface area contributed by atoms with Crippen LogP contribution in [0.25, 0.3) is 0 Å². The molecule has 1 heterocycles. The van der Waals surface area contributed by atoms with Crippen molar-refractivity contribution in [1.82, 2.24) is 5.32 Å². The van der Waals surface area contributed by atoms with E-state index in [4.69, 9.17) is 9.84 Å². The monoisotopic (exact) mass is 215 g/mol. The molecule has 0 bridgehead atoms. The SMILES string of the molecule is CC(CCO)CNC(=O)C1CCCOC1. The minimum Gasteiger partial charge on any atom is -0.396 e. The molecule has 2 unspecified atom stereocenters. The quantitative estimate of drug-likeness (QED) is 0.704. The van der Waals surface area contributed by atoms with Crippen molar-refractivity contribution in [3.05, 3.63) is 0 Å². The highest BCUT2D eigenvalue weighted by Gasteiger charge is 2.21. The second kappa shape index (κ2) is 6.80. The lowest BCUT2D eigenvalue weighted by Crippen LogP contribution is -2.37. The van der Waals surface area contributed by atoms with Crippen molar-refractivity contribution >= 4 is 5.91 Å². The molecule has 88 valence electrons. The maximum absolute atomic E-state index is 11.7. The third kappa shape index (κ3) is 4.62. The summed E-state index contributed by atoms with van der Waals surface area (Å²) in [6, 6.07) is 0. The molecule has 0 saturated carbocycles. The Balaban J connectivity index is 2.16. The van der Waals surface area contributed by atoms with Crippen LogP contribution in [-0.2, 0) is 9.53 Å². The van der Waals surface area contributed by atoms with Gasteiger partial charge in [-0.2, -0.15) is 0 Å². The summed E-state index contributed by atoms with van der Waals surface area (Å²) in [7, 11) is 0. The van der Waals surface area contributed by atoms with Crippen LogP contribution >= 0.6 is 0 Å². The first-order valence-corrected chi connectivity index (χ1v) is 5.70. The Morgan fingerprint density at radius 3 is 3.07 bits per heavy atom. The number of rotatable bonds is 5. The molecule has 0 spiro atoms. The van der Waals surface area contributed by atoms with Crippen LogP contribution in [-0.4, -0.2) is 37.4 Å². The van der Waals surface area contributed by atoms with E-state index >= 15 is 0 Å². The fourth-order valence-corrected chi connectivity index (χ4v) is 1.69. The number of hydrogen-bond acceptors (Lipinski definition) is 3. The molecule has 1 aliphatic heterocycles. The molecule has 2 atom stereocenters. The molecule has 1 rings (SSSR count). The zero-order chi connectivity index (χ0) is 11.1. The Morgan fingerprint density at radius 1 is 1.67 bits per heavy atom. The summed E-state index contributed by atoms with van der Waals surface area (Å²) in [4.78, 5) is 11.7. The highest BCUT2D eigenvalue weighted by molar-refractivity contribution is 5.78. The minimum absolute atomic E-state index is 0.0278. The standard InChI is InChI=1S/C11H21NO3/c1-9(4-5-13)7-12-11(14)10-3-2-6-15-8-10/h9-10,13H,2-8H2,1H3,(H,12,14). The number of hydrogen-bond donors (Lipinski definition) is 2. The summed E-state index contributed by atoms with van der Waals surface area (Å²) in [5.41, 5.74) is 0. The van der Waals surface area contributed by atoms with Gasteiger partial charge in [-0.1, -0.05) is 6.92 Å². The molecule has 0 radical (unpaired) electrons. The predicted molar refractivity (Wildman–Crippen MR) is 57.4 cm³/mol. The molecule has 1 saturated heterocycles. The molecular formula is C11H21NO3. The van der Waals surface area contributed by atoms with Gasteiger partial charge in [0.2, 0.25) is 5.91 Å². The Hall–Kier alpha value is -0.610. The summed E-state index contributed by atoms with van der Waals surface area (Å²) >= 11 is 0. The van der Waals surface area contributed by atoms with Gasteiger partial charge in [0, 0.05) is 19.8 Å². The third-order valence-corrected chi connectivity index (χ3v) is 2.78. The van der Waals surface area contributed by atoms with E-state index < -0.39 is 0 Å². The van der Waals surface area contributed by atoms with Gasteiger partial charge in [0.1, 0.15) is 0 Å². The zero-order valence-corrected chi connectivity index (χ0v) is 9.37. The first-order chi connectivity index (χ1) is 7.24. The van der Waals surface area contributed by atoms with Crippen LogP contribution in [0.4, 0.5) is 0 Å². The topological polar surface area (TPSA) is 58.6 Å². The zero-order valence-electron chi connectivity index (χ0n) is 9.37.